The molecule has 11 heteroatoms. The molecule has 0 saturated carbocycles. The van der Waals surface area contributed by atoms with Gasteiger partial charge in [0.1, 0.15) is 5.82 Å². The summed E-state index contributed by atoms with van der Waals surface area (Å²) < 4.78 is 25.3. The van der Waals surface area contributed by atoms with E-state index in [9.17, 15) is 23.9 Å². The number of anilines is 2. The molecule has 3 amide bonds. The number of carbonyl (C=O) groups is 3. The van der Waals surface area contributed by atoms with Crippen LogP contribution in [-0.2, 0) is 32.0 Å². The fraction of sp³-hybridized carbons (Fsp3) is 0.423. The molecule has 0 bridgehead atoms. The van der Waals surface area contributed by atoms with Gasteiger partial charge in [0.25, 0.3) is 17.7 Å². The summed E-state index contributed by atoms with van der Waals surface area (Å²) in [6.45, 7) is 3.23. The molecule has 3 aliphatic heterocycles. The van der Waals surface area contributed by atoms with Crippen LogP contribution in [0, 0.1) is 5.82 Å². The molecule has 2 fully saturated rings. The van der Waals surface area contributed by atoms with Crippen LogP contribution >= 0.6 is 0 Å². The Labute approximate surface area is 213 Å². The van der Waals surface area contributed by atoms with Gasteiger partial charge in [0, 0.05) is 37.6 Å². The van der Waals surface area contributed by atoms with Gasteiger partial charge in [-0.2, -0.15) is 0 Å². The normalized spacial score (nSPS) is 20.8. The average molecular weight is 513 g/mol. The lowest BCUT2D eigenvalue weighted by molar-refractivity contribution is -0.150. The zero-order valence-corrected chi connectivity index (χ0v) is 20.2. The van der Waals surface area contributed by atoms with E-state index in [4.69, 9.17) is 9.47 Å². The number of halogens is 1. The van der Waals surface area contributed by atoms with E-state index in [-0.39, 0.29) is 24.4 Å². The molecule has 2 atom stereocenters. The van der Waals surface area contributed by atoms with E-state index in [0.717, 1.165) is 36.7 Å². The highest BCUT2D eigenvalue weighted by Gasteiger charge is 2.39. The number of nitrogens with zero attached hydrogens (tertiary/aromatic N) is 2. The number of fused-ring (bicyclic) bond motifs is 1. The number of morpholine rings is 2. The van der Waals surface area contributed by atoms with Crippen molar-refractivity contribution in [3.63, 3.8) is 0 Å². The number of carbonyl (C=O) groups excluding carboxylic acids is 3. The minimum atomic E-state index is -1.76. The van der Waals surface area contributed by atoms with Crippen molar-refractivity contribution in [2.75, 3.05) is 56.2 Å². The quantitative estimate of drug-likeness (QED) is 0.539. The zero-order chi connectivity index (χ0) is 25.9. The van der Waals surface area contributed by atoms with Gasteiger partial charge in [-0.15, -0.1) is 0 Å². The van der Waals surface area contributed by atoms with Gasteiger partial charge in [0.2, 0.25) is 0 Å². The van der Waals surface area contributed by atoms with E-state index in [2.05, 4.69) is 10.6 Å². The fourth-order valence-corrected chi connectivity index (χ4v) is 4.78. The minimum Gasteiger partial charge on any atom is -0.380 e. The molecule has 3 heterocycles. The van der Waals surface area contributed by atoms with E-state index in [1.54, 1.807) is 6.07 Å². The molecule has 0 aromatic heterocycles. The fourth-order valence-electron chi connectivity index (χ4n) is 4.78. The topological polar surface area (TPSA) is 120 Å². The Hall–Kier alpha value is -3.38. The Morgan fingerprint density at radius 3 is 2.70 bits per heavy atom. The first-order valence-electron chi connectivity index (χ1n) is 12.3. The number of aliphatic hydroxyl groups excluding tert-OH is 1. The van der Waals surface area contributed by atoms with Crippen LogP contribution in [0.2, 0.25) is 0 Å². The average Bonchev–Trinajstić information content (AvgIpc) is 2.93. The van der Waals surface area contributed by atoms with Crippen molar-refractivity contribution >= 4 is 29.1 Å². The molecule has 37 heavy (non-hydrogen) atoms. The first-order valence-corrected chi connectivity index (χ1v) is 12.3. The van der Waals surface area contributed by atoms with Gasteiger partial charge in [0.15, 0.2) is 12.2 Å². The number of ether oxygens (including phenoxy) is 2. The summed E-state index contributed by atoms with van der Waals surface area (Å²) in [5, 5.41) is 16.7. The third kappa shape index (κ3) is 5.35. The minimum absolute atomic E-state index is 0.0523. The molecule has 2 saturated heterocycles. The molecular weight excluding hydrogens is 483 g/mol. The summed E-state index contributed by atoms with van der Waals surface area (Å²) in [5.41, 5.74) is 2.91. The Morgan fingerprint density at radius 2 is 1.89 bits per heavy atom. The largest absolute Gasteiger partial charge is 0.380 e. The Kier molecular flexibility index (Phi) is 7.47. The SMILES string of the molecule is O=C(Nc1ccc2c(c1)CCNC2)C(O)C1OCCN(c2ccc(F)c(C(=O)N3CCOCC3)c2)C1=O. The Morgan fingerprint density at radius 1 is 1.08 bits per heavy atom. The predicted octanol–water partition coefficient (Wildman–Crippen LogP) is 0.675. The highest BCUT2D eigenvalue weighted by molar-refractivity contribution is 6.04. The molecule has 5 rings (SSSR count). The third-order valence-electron chi connectivity index (χ3n) is 6.83. The molecule has 0 radical (unpaired) electrons. The van der Waals surface area contributed by atoms with Gasteiger partial charge in [-0.25, -0.2) is 4.39 Å². The first kappa shape index (κ1) is 25.3. The van der Waals surface area contributed by atoms with Gasteiger partial charge in [0.05, 0.1) is 25.4 Å². The van der Waals surface area contributed by atoms with Crippen LogP contribution in [0.25, 0.3) is 0 Å². The molecule has 0 spiro atoms. The standard InChI is InChI=1S/C26H29FN4O6/c27-21-4-3-19(14-20(21)25(34)30-7-10-36-11-8-30)31-9-12-37-23(26(31)35)22(32)24(33)29-18-2-1-17-15-28-6-5-16(17)13-18/h1-4,13-14,22-23,28,32H,5-12,15H2,(H,29,33). The van der Waals surface area contributed by atoms with Crippen LogP contribution in [0.5, 0.6) is 0 Å². The number of hydrogen-bond donors (Lipinski definition) is 3. The molecule has 3 aliphatic rings. The maximum atomic E-state index is 14.6. The Bertz CT molecular complexity index is 1200. The predicted molar refractivity (Wildman–Crippen MR) is 132 cm³/mol. The van der Waals surface area contributed by atoms with Crippen molar-refractivity contribution in [3.05, 3.63) is 58.9 Å². The smallest absolute Gasteiger partial charge is 0.259 e. The maximum Gasteiger partial charge on any atom is 0.259 e. The number of benzene rings is 2. The highest BCUT2D eigenvalue weighted by atomic mass is 19.1. The van der Waals surface area contributed by atoms with Gasteiger partial charge < -0.3 is 35.0 Å². The summed E-state index contributed by atoms with van der Waals surface area (Å²) in [4.78, 5) is 41.7. The monoisotopic (exact) mass is 512 g/mol. The van der Waals surface area contributed by atoms with Crippen molar-refractivity contribution in [1.29, 1.82) is 0 Å². The van der Waals surface area contributed by atoms with E-state index in [0.29, 0.717) is 32.0 Å². The van der Waals surface area contributed by atoms with Crippen LogP contribution in [0.4, 0.5) is 15.8 Å². The number of nitrogens with one attached hydrogen (secondary N) is 2. The first-order chi connectivity index (χ1) is 17.9. The van der Waals surface area contributed by atoms with Gasteiger partial charge in [-0.1, -0.05) is 6.07 Å². The van der Waals surface area contributed by atoms with Gasteiger partial charge in [-0.05, 0) is 54.4 Å². The van der Waals surface area contributed by atoms with Crippen molar-refractivity contribution < 1.29 is 33.4 Å². The highest BCUT2D eigenvalue weighted by Crippen LogP contribution is 2.25. The third-order valence-corrected chi connectivity index (χ3v) is 6.83. The molecular formula is C26H29FN4O6. The zero-order valence-electron chi connectivity index (χ0n) is 20.2. The second-order valence-corrected chi connectivity index (χ2v) is 9.19. The number of amides is 3. The Balaban J connectivity index is 1.29. The lowest BCUT2D eigenvalue weighted by atomic mass is 10.0. The van der Waals surface area contributed by atoms with E-state index < -0.39 is 35.7 Å². The summed E-state index contributed by atoms with van der Waals surface area (Å²) in [7, 11) is 0. The van der Waals surface area contributed by atoms with Crippen LogP contribution in [0.1, 0.15) is 21.5 Å². The lowest BCUT2D eigenvalue weighted by Gasteiger charge is -2.34. The lowest BCUT2D eigenvalue weighted by Crippen LogP contribution is -2.55. The van der Waals surface area contributed by atoms with Crippen molar-refractivity contribution in [2.45, 2.75) is 25.2 Å². The van der Waals surface area contributed by atoms with Crippen molar-refractivity contribution in [2.24, 2.45) is 0 Å². The molecule has 196 valence electrons. The van der Waals surface area contributed by atoms with Gasteiger partial charge in [-0.3, -0.25) is 14.4 Å². The van der Waals surface area contributed by atoms with Crippen molar-refractivity contribution in [1.82, 2.24) is 10.2 Å². The molecule has 2 aromatic rings. The van der Waals surface area contributed by atoms with E-state index in [1.807, 2.05) is 12.1 Å². The summed E-state index contributed by atoms with van der Waals surface area (Å²) in [5.74, 6) is -2.60. The van der Waals surface area contributed by atoms with Crippen molar-refractivity contribution in [3.8, 4) is 0 Å². The second kappa shape index (κ2) is 10.9. The van der Waals surface area contributed by atoms with E-state index >= 15 is 0 Å². The number of aliphatic hydroxyl groups is 1. The number of rotatable bonds is 5. The maximum absolute atomic E-state index is 14.6. The summed E-state index contributed by atoms with van der Waals surface area (Å²) >= 11 is 0. The molecule has 10 nitrogen and oxygen atoms in total. The number of hydrogen-bond acceptors (Lipinski definition) is 7. The van der Waals surface area contributed by atoms with E-state index in [1.165, 1.54) is 21.9 Å². The van der Waals surface area contributed by atoms with Crippen LogP contribution in [-0.4, -0.2) is 85.9 Å². The summed E-state index contributed by atoms with van der Waals surface area (Å²) in [6.07, 6.45) is -2.38. The van der Waals surface area contributed by atoms with Crippen LogP contribution in [0.3, 0.4) is 0 Å². The molecule has 3 N–H and O–H groups in total. The van der Waals surface area contributed by atoms with Gasteiger partial charge >= 0.3 is 0 Å². The van der Waals surface area contributed by atoms with Crippen LogP contribution < -0.4 is 15.5 Å². The molecule has 2 aromatic carbocycles. The second-order valence-electron chi connectivity index (χ2n) is 9.19. The summed E-state index contributed by atoms with van der Waals surface area (Å²) in [6, 6.07) is 9.37. The molecule has 2 unspecified atom stereocenters. The molecule has 0 aliphatic carbocycles. The van der Waals surface area contributed by atoms with Crippen LogP contribution in [0.15, 0.2) is 36.4 Å².